The van der Waals surface area contributed by atoms with Crippen LogP contribution in [0.4, 0.5) is 76.1 Å². The lowest BCUT2D eigenvalue weighted by Gasteiger charge is -2.39. The van der Waals surface area contributed by atoms with E-state index in [1.165, 1.54) is 237 Å². The Kier molecular flexibility index (Phi) is 41.5. The minimum atomic E-state index is -1.13. The number of hydrogen-bond donors (Lipinski definition) is 8. The van der Waals surface area contributed by atoms with Crippen LogP contribution < -0.4 is 52.7 Å². The molecule has 8 N–H and O–H groups in total. The predicted molar refractivity (Wildman–Crippen MR) is 434 cm³/mol. The SMILES string of the molecule is CCCC[N+](CCCC)(CCCC)CCCC.CCCC[N+](CCCC)(CCCC)CCCC.O=C(Nc1ccc([N+](=O)[O-])cc1)Nc1ccccc1NC(=O)Nc1cccc2c(NC(=O)Nc3ccccc3NC(=O)Nc3ccc([N+](=O)[O-])cc3)cccc12.O=C([O-])c1ccccc1.O=C([O-])c1ccccc1. The van der Waals surface area contributed by atoms with Gasteiger partial charge in [0.05, 0.1) is 108 Å². The van der Waals surface area contributed by atoms with E-state index >= 15 is 0 Å². The van der Waals surface area contributed by atoms with Crippen LogP contribution in [0.1, 0.15) is 179 Å². The number of carbonyl (C=O) groups is 6. The second-order valence-electron chi connectivity index (χ2n) is 26.3. The summed E-state index contributed by atoms with van der Waals surface area (Å²) < 4.78 is 2.84. The van der Waals surface area contributed by atoms with Gasteiger partial charge in [-0.05, 0) is 123 Å². The van der Waals surface area contributed by atoms with Gasteiger partial charge in [0.2, 0.25) is 0 Å². The topological polar surface area (TPSA) is 331 Å². The van der Waals surface area contributed by atoms with Gasteiger partial charge >= 0.3 is 24.1 Å². The molecule has 0 spiro atoms. The van der Waals surface area contributed by atoms with Crippen LogP contribution in [-0.4, -0.2) is 107 Å². The number of nitro groups is 2. The molecule has 0 saturated heterocycles. The Morgan fingerprint density at radius 3 is 0.704 bits per heavy atom. The van der Waals surface area contributed by atoms with E-state index < -0.39 is 45.9 Å². The molecule has 0 aromatic heterocycles. The summed E-state index contributed by atoms with van der Waals surface area (Å²) in [6.07, 6.45) is 22.1. The number of aromatic carboxylic acids is 2. The van der Waals surface area contributed by atoms with Crippen molar-refractivity contribution in [3.63, 3.8) is 0 Å². The number of rotatable bonds is 36. The van der Waals surface area contributed by atoms with Gasteiger partial charge in [-0.15, -0.1) is 0 Å². The Labute approximate surface area is 637 Å². The third-order valence-electron chi connectivity index (χ3n) is 17.8. The fourth-order valence-corrected chi connectivity index (χ4v) is 11.8. The number of carbonyl (C=O) groups excluding carboxylic acids is 6. The number of hydrogen-bond acceptors (Lipinski definition) is 12. The molecule has 8 aromatic carbocycles. The molecule has 580 valence electrons. The summed E-state index contributed by atoms with van der Waals surface area (Å²) in [6, 6.07) is 47.4. The van der Waals surface area contributed by atoms with Gasteiger partial charge in [-0.1, -0.05) is 216 Å². The minimum absolute atomic E-state index is 0.124. The van der Waals surface area contributed by atoms with Crippen molar-refractivity contribution in [2.75, 3.05) is 94.9 Å². The zero-order valence-corrected chi connectivity index (χ0v) is 64.1. The molecular formula is C84H112N12O12. The van der Waals surface area contributed by atoms with Crippen molar-refractivity contribution in [2.45, 2.75) is 158 Å². The van der Waals surface area contributed by atoms with Crippen molar-refractivity contribution in [3.8, 4) is 0 Å². The first-order chi connectivity index (χ1) is 52.1. The average molecular weight is 1480 g/mol. The summed E-state index contributed by atoms with van der Waals surface area (Å²) in [6.45, 7) is 30.0. The van der Waals surface area contributed by atoms with Gasteiger partial charge in [-0.2, -0.15) is 0 Å². The number of nitrogens with zero attached hydrogens (tertiary/aromatic N) is 4. The van der Waals surface area contributed by atoms with E-state index in [1.807, 2.05) is 0 Å². The van der Waals surface area contributed by atoms with E-state index in [9.17, 15) is 59.2 Å². The van der Waals surface area contributed by atoms with Gasteiger partial charge in [0.1, 0.15) is 0 Å². The quantitative estimate of drug-likeness (QED) is 0.0103. The van der Waals surface area contributed by atoms with Crippen molar-refractivity contribution in [1.82, 2.24) is 0 Å². The molecule has 0 unspecified atom stereocenters. The Hall–Kier alpha value is -11.2. The van der Waals surface area contributed by atoms with Crippen LogP contribution >= 0.6 is 0 Å². The first kappa shape index (κ1) is 89.2. The Bertz CT molecular complexity index is 3680. The van der Waals surface area contributed by atoms with Crippen LogP contribution in [0.5, 0.6) is 0 Å². The summed E-state index contributed by atoms with van der Waals surface area (Å²) in [5, 5.41) is 64.7. The molecule has 108 heavy (non-hydrogen) atoms. The van der Waals surface area contributed by atoms with Gasteiger partial charge < -0.3 is 71.3 Å². The van der Waals surface area contributed by atoms with Crippen LogP contribution in [0.3, 0.4) is 0 Å². The molecule has 0 radical (unpaired) electrons. The first-order valence-corrected chi connectivity index (χ1v) is 37.9. The van der Waals surface area contributed by atoms with Crippen molar-refractivity contribution in [2.24, 2.45) is 0 Å². The summed E-state index contributed by atoms with van der Waals surface area (Å²) in [5.74, 6) is -2.26. The monoisotopic (exact) mass is 1480 g/mol. The zero-order valence-electron chi connectivity index (χ0n) is 64.1. The third kappa shape index (κ3) is 33.1. The number of nitrogens with one attached hydrogen (secondary N) is 8. The highest BCUT2D eigenvalue weighted by Gasteiger charge is 2.26. The maximum absolute atomic E-state index is 13.2. The average Bonchev–Trinajstić information content (AvgIpc) is 0.798. The van der Waals surface area contributed by atoms with E-state index in [4.69, 9.17) is 0 Å². The molecule has 0 heterocycles. The second-order valence-corrected chi connectivity index (χ2v) is 26.3. The molecule has 24 heteroatoms. The number of carboxylic acid groups (broad SMARTS) is 2. The van der Waals surface area contributed by atoms with Crippen molar-refractivity contribution >= 4 is 104 Å². The minimum Gasteiger partial charge on any atom is -0.545 e. The van der Waals surface area contributed by atoms with Crippen molar-refractivity contribution in [1.29, 1.82) is 0 Å². The molecule has 0 saturated carbocycles. The maximum atomic E-state index is 13.2. The number of unbranched alkanes of at least 4 members (excludes halogenated alkanes) is 8. The largest absolute Gasteiger partial charge is 0.545 e. The number of non-ortho nitro benzene ring substituents is 2. The first-order valence-electron chi connectivity index (χ1n) is 37.9. The molecule has 0 atom stereocenters. The number of para-hydroxylation sites is 4. The van der Waals surface area contributed by atoms with Crippen molar-refractivity contribution < 1.29 is 57.8 Å². The van der Waals surface area contributed by atoms with Gasteiger partial charge in [0, 0.05) is 46.4 Å². The van der Waals surface area contributed by atoms with Crippen LogP contribution in [0.15, 0.2) is 194 Å². The Morgan fingerprint density at radius 2 is 0.491 bits per heavy atom. The molecule has 8 rings (SSSR count). The van der Waals surface area contributed by atoms with Crippen LogP contribution in [0.2, 0.25) is 0 Å². The summed E-state index contributed by atoms with van der Waals surface area (Å²) >= 11 is 0. The molecule has 0 bridgehead atoms. The highest BCUT2D eigenvalue weighted by atomic mass is 16.6. The van der Waals surface area contributed by atoms with Gasteiger partial charge in [-0.25, -0.2) is 19.2 Å². The van der Waals surface area contributed by atoms with Gasteiger partial charge in [0.25, 0.3) is 11.4 Å². The number of amides is 8. The van der Waals surface area contributed by atoms with Crippen LogP contribution in [0, 0.1) is 20.2 Å². The number of urea groups is 4. The lowest BCUT2D eigenvalue weighted by Crippen LogP contribution is -2.50. The smallest absolute Gasteiger partial charge is 0.323 e. The van der Waals surface area contributed by atoms with Crippen LogP contribution in [-0.2, 0) is 0 Å². The summed E-state index contributed by atoms with van der Waals surface area (Å²) in [4.78, 5) is 92.7. The van der Waals surface area contributed by atoms with Gasteiger partial charge in [-0.3, -0.25) is 20.2 Å². The number of nitro benzene ring substituents is 2. The number of carboxylic acids is 2. The number of fused-ring (bicyclic) bond motifs is 1. The van der Waals surface area contributed by atoms with E-state index in [0.29, 0.717) is 33.5 Å². The number of benzene rings is 8. The molecule has 0 fully saturated rings. The zero-order chi connectivity index (χ0) is 79.0. The van der Waals surface area contributed by atoms with E-state index in [2.05, 4.69) is 97.9 Å². The molecule has 24 nitrogen and oxygen atoms in total. The highest BCUT2D eigenvalue weighted by molar-refractivity contribution is 6.13. The fraction of sp³-hybridized carbons (Fsp3) is 0.381. The lowest BCUT2D eigenvalue weighted by atomic mass is 10.1. The fourth-order valence-electron chi connectivity index (χ4n) is 11.8. The number of quaternary nitrogens is 2. The van der Waals surface area contributed by atoms with Crippen LogP contribution in [0.25, 0.3) is 10.8 Å². The maximum Gasteiger partial charge on any atom is 0.323 e. The van der Waals surface area contributed by atoms with E-state index in [1.54, 1.807) is 121 Å². The van der Waals surface area contributed by atoms with Gasteiger partial charge in [0.15, 0.2) is 0 Å². The molecule has 0 aliphatic heterocycles. The summed E-state index contributed by atoms with van der Waals surface area (Å²) in [5.41, 5.74) is 2.78. The Balaban J connectivity index is 0.000000379. The van der Waals surface area contributed by atoms with E-state index in [-0.39, 0.29) is 45.3 Å². The lowest BCUT2D eigenvalue weighted by molar-refractivity contribution is -0.929. The molecule has 0 aliphatic carbocycles. The molecule has 0 aliphatic rings. The van der Waals surface area contributed by atoms with Crippen molar-refractivity contribution in [3.05, 3.63) is 225 Å². The summed E-state index contributed by atoms with van der Waals surface area (Å²) in [7, 11) is 0. The highest BCUT2D eigenvalue weighted by Crippen LogP contribution is 2.32. The standard InChI is InChI=1S/C38H30N10O8.2C16H36N.2C7H6O2/c49-35(39-23-15-19-25(20-16-23)47(53)54)43-31-9-1-3-11-33(31)45-37(51)41-29-13-5-8-28-27(29)7-6-14-30(28)42-38(52)46-34-12-4-2-10-32(34)44-36(50)40-24-17-21-26(22-18-24)48(55)56;2*1-5-9-13-17(14-10-6-2,15-11-7-3)16-12-8-4;2*8-7(9)6-4-2-1-3-5-6/h1-22H,(H2,39,43,49)(H2,40,44,50)(H2,41,45,51)(H2,42,46,52);2*5-16H2,1-4H3;2*1-5H,(H,8,9)/q;2*+1;;/p-2. The van der Waals surface area contributed by atoms with E-state index in [0.717, 1.165) is 0 Å². The molecule has 8 amide bonds. The predicted octanol–water partition coefficient (Wildman–Crippen LogP) is 19.3. The number of anilines is 8. The third-order valence-corrected chi connectivity index (χ3v) is 17.8. The second kappa shape index (κ2) is 50.3. The normalized spacial score (nSPS) is 10.6. The molecular weight excluding hydrogens is 1370 g/mol. The Morgan fingerprint density at radius 1 is 0.278 bits per heavy atom. The molecule has 8 aromatic rings.